The summed E-state index contributed by atoms with van der Waals surface area (Å²) in [5.74, 6) is 0. The summed E-state index contributed by atoms with van der Waals surface area (Å²) in [6.07, 6.45) is 6.42. The van der Waals surface area contributed by atoms with Crippen molar-refractivity contribution in [3.63, 3.8) is 0 Å². The van der Waals surface area contributed by atoms with Gasteiger partial charge in [-0.3, -0.25) is 4.68 Å². The largest absolute Gasteiger partial charge is 0.317 e. The van der Waals surface area contributed by atoms with Crippen LogP contribution in [0.3, 0.4) is 0 Å². The highest BCUT2D eigenvalue weighted by Gasteiger charge is 2.08. The van der Waals surface area contributed by atoms with Gasteiger partial charge in [-0.15, -0.1) is 0 Å². The molecular weight excluding hydrogens is 246 g/mol. The van der Waals surface area contributed by atoms with E-state index in [4.69, 9.17) is 0 Å². The third-order valence-electron chi connectivity index (χ3n) is 3.94. The maximum atomic E-state index is 4.22. The molecule has 0 bridgehead atoms. The van der Waals surface area contributed by atoms with Crippen molar-refractivity contribution in [3.8, 4) is 0 Å². The van der Waals surface area contributed by atoms with Crippen LogP contribution >= 0.6 is 0 Å². The molecule has 1 unspecified atom stereocenters. The fourth-order valence-corrected chi connectivity index (χ4v) is 2.61. The van der Waals surface area contributed by atoms with E-state index >= 15 is 0 Å². The molecule has 0 aliphatic heterocycles. The van der Waals surface area contributed by atoms with Crippen LogP contribution in [0.15, 0.2) is 36.5 Å². The van der Waals surface area contributed by atoms with Gasteiger partial charge in [0.15, 0.2) is 0 Å². The zero-order valence-electron chi connectivity index (χ0n) is 12.8. The van der Waals surface area contributed by atoms with Gasteiger partial charge in [-0.2, -0.15) is 5.10 Å². The molecule has 2 rings (SSSR count). The van der Waals surface area contributed by atoms with E-state index in [0.717, 1.165) is 19.3 Å². The zero-order valence-corrected chi connectivity index (χ0v) is 12.8. The second kappa shape index (κ2) is 7.25. The zero-order chi connectivity index (χ0) is 14.4. The summed E-state index contributed by atoms with van der Waals surface area (Å²) in [6.45, 7) is 2.15. The van der Waals surface area contributed by atoms with Crippen LogP contribution in [0.1, 0.15) is 29.7 Å². The van der Waals surface area contributed by atoms with E-state index in [1.807, 2.05) is 17.9 Å². The number of aromatic nitrogens is 2. The van der Waals surface area contributed by atoms with Crippen molar-refractivity contribution in [2.24, 2.45) is 7.05 Å². The number of hydrogen-bond donors (Lipinski definition) is 1. The van der Waals surface area contributed by atoms with Crippen molar-refractivity contribution in [1.82, 2.24) is 15.1 Å². The molecule has 3 heteroatoms. The number of aryl methyl sites for hydroxylation is 4. The van der Waals surface area contributed by atoms with Crippen molar-refractivity contribution >= 4 is 0 Å². The lowest BCUT2D eigenvalue weighted by Crippen LogP contribution is -2.26. The first-order valence-corrected chi connectivity index (χ1v) is 7.38. The number of hydrogen-bond acceptors (Lipinski definition) is 2. The van der Waals surface area contributed by atoms with Gasteiger partial charge in [-0.05, 0) is 51.3 Å². The van der Waals surface area contributed by atoms with Gasteiger partial charge in [-0.1, -0.05) is 29.8 Å². The fourth-order valence-electron chi connectivity index (χ4n) is 2.61. The lowest BCUT2D eigenvalue weighted by Gasteiger charge is -2.16. The highest BCUT2D eigenvalue weighted by Crippen LogP contribution is 2.11. The second-order valence-corrected chi connectivity index (χ2v) is 5.50. The summed E-state index contributed by atoms with van der Waals surface area (Å²) in [6, 6.07) is 11.5. The summed E-state index contributed by atoms with van der Waals surface area (Å²) in [4.78, 5) is 0. The first-order valence-electron chi connectivity index (χ1n) is 7.38. The van der Waals surface area contributed by atoms with Crippen molar-refractivity contribution < 1.29 is 0 Å². The molecule has 108 valence electrons. The van der Waals surface area contributed by atoms with Crippen LogP contribution in [-0.4, -0.2) is 22.9 Å². The lowest BCUT2D eigenvalue weighted by molar-refractivity contribution is 0.482. The third kappa shape index (κ3) is 4.20. The van der Waals surface area contributed by atoms with E-state index in [2.05, 4.69) is 54.7 Å². The van der Waals surface area contributed by atoms with E-state index in [-0.39, 0.29) is 0 Å². The summed E-state index contributed by atoms with van der Waals surface area (Å²) in [7, 11) is 4.07. The van der Waals surface area contributed by atoms with Crippen molar-refractivity contribution in [1.29, 1.82) is 0 Å². The fraction of sp³-hybridized carbons (Fsp3) is 0.471. The Labute approximate surface area is 122 Å². The normalized spacial score (nSPS) is 12.6. The molecule has 0 saturated carbocycles. The van der Waals surface area contributed by atoms with Crippen LogP contribution in [0, 0.1) is 6.92 Å². The Bertz CT molecular complexity index is 531. The minimum Gasteiger partial charge on any atom is -0.317 e. The van der Waals surface area contributed by atoms with Gasteiger partial charge in [0.1, 0.15) is 0 Å². The first-order chi connectivity index (χ1) is 9.69. The quantitative estimate of drug-likeness (QED) is 0.839. The lowest BCUT2D eigenvalue weighted by atomic mass is 10.00. The number of rotatable bonds is 7. The van der Waals surface area contributed by atoms with E-state index in [9.17, 15) is 0 Å². The molecule has 0 saturated heterocycles. The summed E-state index contributed by atoms with van der Waals surface area (Å²) < 4.78 is 1.97. The van der Waals surface area contributed by atoms with Crippen molar-refractivity contribution in [3.05, 3.63) is 53.3 Å². The minimum atomic E-state index is 0.561. The van der Waals surface area contributed by atoms with Crippen LogP contribution in [0.4, 0.5) is 0 Å². The molecule has 0 aliphatic carbocycles. The van der Waals surface area contributed by atoms with Crippen LogP contribution in [0.5, 0.6) is 0 Å². The van der Waals surface area contributed by atoms with Crippen molar-refractivity contribution in [2.45, 2.75) is 38.6 Å². The van der Waals surface area contributed by atoms with E-state index in [0.29, 0.717) is 6.04 Å². The summed E-state index contributed by atoms with van der Waals surface area (Å²) in [5.41, 5.74) is 4.09. The number of nitrogens with zero attached hydrogens (tertiary/aromatic N) is 2. The molecule has 3 nitrogen and oxygen atoms in total. The van der Waals surface area contributed by atoms with Gasteiger partial charge in [0.25, 0.3) is 0 Å². The minimum absolute atomic E-state index is 0.561. The standard InChI is InChI=1S/C17H25N3/c1-14-5-4-6-15(13-14)7-8-16(18-2)9-10-17-11-12-19-20(17)3/h4-6,11-13,16,18H,7-10H2,1-3H3. The highest BCUT2D eigenvalue weighted by molar-refractivity contribution is 5.22. The second-order valence-electron chi connectivity index (χ2n) is 5.50. The molecule has 1 atom stereocenters. The van der Waals surface area contributed by atoms with Crippen LogP contribution in [0.2, 0.25) is 0 Å². The van der Waals surface area contributed by atoms with Crippen LogP contribution in [0.25, 0.3) is 0 Å². The van der Waals surface area contributed by atoms with Gasteiger partial charge in [0, 0.05) is 25.0 Å². The van der Waals surface area contributed by atoms with Gasteiger partial charge in [-0.25, -0.2) is 0 Å². The molecule has 1 aromatic heterocycles. The predicted octanol–water partition coefficient (Wildman–Crippen LogP) is 2.88. The molecular formula is C17H25N3. The molecule has 1 heterocycles. The molecule has 0 aliphatic rings. The average Bonchev–Trinajstić information content (AvgIpc) is 2.85. The van der Waals surface area contributed by atoms with E-state index in [1.54, 1.807) is 0 Å². The maximum absolute atomic E-state index is 4.22. The van der Waals surface area contributed by atoms with Crippen LogP contribution in [-0.2, 0) is 19.9 Å². The summed E-state index contributed by atoms with van der Waals surface area (Å²) >= 11 is 0. The highest BCUT2D eigenvalue weighted by atomic mass is 15.2. The molecule has 0 radical (unpaired) electrons. The Morgan fingerprint density at radius 1 is 1.20 bits per heavy atom. The van der Waals surface area contributed by atoms with Gasteiger partial charge < -0.3 is 5.32 Å². The Morgan fingerprint density at radius 3 is 2.65 bits per heavy atom. The molecule has 1 aromatic carbocycles. The Morgan fingerprint density at radius 2 is 2.00 bits per heavy atom. The Hall–Kier alpha value is -1.61. The number of nitrogens with one attached hydrogen (secondary N) is 1. The SMILES string of the molecule is CNC(CCc1cccc(C)c1)CCc1ccnn1C. The third-order valence-corrected chi connectivity index (χ3v) is 3.94. The van der Waals surface area contributed by atoms with E-state index in [1.165, 1.54) is 23.2 Å². The number of benzene rings is 1. The molecule has 2 aromatic rings. The van der Waals surface area contributed by atoms with Crippen molar-refractivity contribution in [2.75, 3.05) is 7.05 Å². The topological polar surface area (TPSA) is 29.9 Å². The monoisotopic (exact) mass is 271 g/mol. The van der Waals surface area contributed by atoms with E-state index < -0.39 is 0 Å². The smallest absolute Gasteiger partial charge is 0.0492 e. The van der Waals surface area contributed by atoms with Gasteiger partial charge >= 0.3 is 0 Å². The Balaban J connectivity index is 1.82. The van der Waals surface area contributed by atoms with Crippen LogP contribution < -0.4 is 5.32 Å². The maximum Gasteiger partial charge on any atom is 0.0492 e. The van der Waals surface area contributed by atoms with Gasteiger partial charge in [0.2, 0.25) is 0 Å². The summed E-state index contributed by atoms with van der Waals surface area (Å²) in [5, 5.41) is 7.66. The molecule has 1 N–H and O–H groups in total. The average molecular weight is 271 g/mol. The molecule has 0 fully saturated rings. The first kappa shape index (κ1) is 14.8. The molecule has 0 amide bonds. The molecule has 0 spiro atoms. The molecule has 20 heavy (non-hydrogen) atoms. The van der Waals surface area contributed by atoms with Gasteiger partial charge in [0.05, 0.1) is 0 Å². The Kier molecular flexibility index (Phi) is 5.36. The predicted molar refractivity (Wildman–Crippen MR) is 83.9 cm³/mol.